The zero-order valence-corrected chi connectivity index (χ0v) is 11.9. The molecule has 2 aromatic rings. The lowest BCUT2D eigenvalue weighted by atomic mass is 10.2. The van der Waals surface area contributed by atoms with Crippen LogP contribution in [0.4, 0.5) is 0 Å². The Balaban J connectivity index is 1.96. The van der Waals surface area contributed by atoms with Crippen LogP contribution >= 0.6 is 11.3 Å². The molecule has 1 aromatic carbocycles. The third-order valence-corrected chi connectivity index (χ3v) is 3.62. The van der Waals surface area contributed by atoms with E-state index in [1.807, 2.05) is 29.6 Å². The summed E-state index contributed by atoms with van der Waals surface area (Å²) in [5, 5.41) is 14.4. The molecule has 0 saturated carbocycles. The third kappa shape index (κ3) is 4.04. The van der Waals surface area contributed by atoms with Gasteiger partial charge in [-0.1, -0.05) is 12.1 Å². The van der Waals surface area contributed by atoms with E-state index in [-0.39, 0.29) is 6.54 Å². The molecular weight excluding hydrogens is 276 g/mol. The molecule has 6 heteroatoms. The molecule has 1 heterocycles. The number of carboxylic acid groups (broad SMARTS) is 1. The van der Waals surface area contributed by atoms with Gasteiger partial charge in [0.1, 0.15) is 5.75 Å². The summed E-state index contributed by atoms with van der Waals surface area (Å²) in [7, 11) is 1.64. The summed E-state index contributed by atoms with van der Waals surface area (Å²) in [6.45, 7) is 0.589. The van der Waals surface area contributed by atoms with Crippen LogP contribution in [0.2, 0.25) is 0 Å². The lowest BCUT2D eigenvalue weighted by Crippen LogP contribution is -2.24. The molecule has 0 aliphatic rings. The van der Waals surface area contributed by atoms with Crippen LogP contribution in [-0.2, 0) is 11.2 Å². The van der Waals surface area contributed by atoms with Gasteiger partial charge in [0.2, 0.25) is 0 Å². The second-order valence-corrected chi connectivity index (χ2v) is 5.12. The molecule has 5 nitrogen and oxygen atoms in total. The van der Waals surface area contributed by atoms with Crippen LogP contribution in [0.25, 0.3) is 11.3 Å². The normalized spacial score (nSPS) is 10.4. The van der Waals surface area contributed by atoms with Gasteiger partial charge < -0.3 is 15.2 Å². The van der Waals surface area contributed by atoms with E-state index in [2.05, 4.69) is 10.3 Å². The molecule has 1 aromatic heterocycles. The topological polar surface area (TPSA) is 71.5 Å². The molecule has 0 spiro atoms. The summed E-state index contributed by atoms with van der Waals surface area (Å²) in [4.78, 5) is 14.9. The first kappa shape index (κ1) is 14.5. The molecule has 0 radical (unpaired) electrons. The van der Waals surface area contributed by atoms with E-state index in [0.717, 1.165) is 28.4 Å². The van der Waals surface area contributed by atoms with E-state index in [1.54, 1.807) is 18.4 Å². The molecule has 20 heavy (non-hydrogen) atoms. The summed E-state index contributed by atoms with van der Waals surface area (Å²) >= 11 is 1.58. The maximum absolute atomic E-state index is 10.4. The van der Waals surface area contributed by atoms with Crippen molar-refractivity contribution in [2.75, 3.05) is 20.2 Å². The zero-order valence-electron chi connectivity index (χ0n) is 11.1. The fourth-order valence-corrected chi connectivity index (χ4v) is 2.54. The monoisotopic (exact) mass is 292 g/mol. The first-order valence-electron chi connectivity index (χ1n) is 6.20. The van der Waals surface area contributed by atoms with Gasteiger partial charge in [-0.2, -0.15) is 0 Å². The predicted molar refractivity (Wildman–Crippen MR) is 78.3 cm³/mol. The number of aromatic nitrogens is 1. The number of nitrogens with zero attached hydrogens (tertiary/aromatic N) is 1. The van der Waals surface area contributed by atoms with E-state index in [1.165, 1.54) is 0 Å². The Labute approximate surface area is 121 Å². The second kappa shape index (κ2) is 7.02. The maximum Gasteiger partial charge on any atom is 0.317 e. The number of nitrogens with one attached hydrogen (secondary N) is 1. The summed E-state index contributed by atoms with van der Waals surface area (Å²) in [5.41, 5.74) is 1.94. The number of ether oxygens (including phenoxy) is 1. The van der Waals surface area contributed by atoms with Crippen LogP contribution in [0.15, 0.2) is 29.6 Å². The molecule has 2 rings (SSSR count). The molecule has 0 fully saturated rings. The number of carboxylic acids is 1. The van der Waals surface area contributed by atoms with Gasteiger partial charge in [-0.25, -0.2) is 4.98 Å². The average Bonchev–Trinajstić information content (AvgIpc) is 2.92. The van der Waals surface area contributed by atoms with Crippen molar-refractivity contribution >= 4 is 17.3 Å². The highest BCUT2D eigenvalue weighted by Crippen LogP contribution is 2.25. The Kier molecular flexibility index (Phi) is 5.09. The Bertz CT molecular complexity index is 583. The van der Waals surface area contributed by atoms with E-state index < -0.39 is 5.97 Å². The standard InChI is InChI=1S/C14H16N2O3S/c1-19-11-4-2-3-10(7-11)12-9-20-13(16-12)5-6-15-8-14(17)18/h2-4,7,9,15H,5-6,8H2,1H3,(H,17,18). The largest absolute Gasteiger partial charge is 0.497 e. The van der Waals surface area contributed by atoms with Crippen LogP contribution in [0.3, 0.4) is 0 Å². The van der Waals surface area contributed by atoms with Gasteiger partial charge in [-0.3, -0.25) is 4.79 Å². The van der Waals surface area contributed by atoms with Crippen molar-refractivity contribution in [2.45, 2.75) is 6.42 Å². The summed E-state index contributed by atoms with van der Waals surface area (Å²) in [6.07, 6.45) is 0.724. The van der Waals surface area contributed by atoms with Crippen molar-refractivity contribution in [1.82, 2.24) is 10.3 Å². The molecular formula is C14H16N2O3S. The van der Waals surface area contributed by atoms with Gasteiger partial charge in [0, 0.05) is 23.9 Å². The van der Waals surface area contributed by atoms with Crippen LogP contribution in [0.1, 0.15) is 5.01 Å². The summed E-state index contributed by atoms with van der Waals surface area (Å²) in [6, 6.07) is 7.76. The van der Waals surface area contributed by atoms with Crippen LogP contribution < -0.4 is 10.1 Å². The molecule has 2 N–H and O–H groups in total. The molecule has 0 amide bonds. The number of rotatable bonds is 7. The van der Waals surface area contributed by atoms with Crippen molar-refractivity contribution in [3.63, 3.8) is 0 Å². The third-order valence-electron chi connectivity index (χ3n) is 2.71. The molecule has 0 aliphatic carbocycles. The minimum absolute atomic E-state index is 0.0197. The number of aliphatic carboxylic acids is 1. The lowest BCUT2D eigenvalue weighted by molar-refractivity contribution is -0.135. The Morgan fingerprint density at radius 1 is 1.50 bits per heavy atom. The highest BCUT2D eigenvalue weighted by molar-refractivity contribution is 7.09. The van der Waals surface area contributed by atoms with E-state index in [0.29, 0.717) is 6.54 Å². The van der Waals surface area contributed by atoms with Crippen molar-refractivity contribution in [3.8, 4) is 17.0 Å². The average molecular weight is 292 g/mol. The minimum Gasteiger partial charge on any atom is -0.497 e. The Hall–Kier alpha value is -1.92. The second-order valence-electron chi connectivity index (χ2n) is 4.18. The van der Waals surface area contributed by atoms with Gasteiger partial charge in [0.25, 0.3) is 0 Å². The van der Waals surface area contributed by atoms with Crippen LogP contribution in [0.5, 0.6) is 5.75 Å². The van der Waals surface area contributed by atoms with Crippen molar-refractivity contribution < 1.29 is 14.6 Å². The smallest absolute Gasteiger partial charge is 0.317 e. The fraction of sp³-hybridized carbons (Fsp3) is 0.286. The van der Waals surface area contributed by atoms with Gasteiger partial charge >= 0.3 is 5.97 Å². The van der Waals surface area contributed by atoms with Gasteiger partial charge in [-0.15, -0.1) is 11.3 Å². The first-order chi connectivity index (χ1) is 9.69. The van der Waals surface area contributed by atoms with Crippen molar-refractivity contribution in [1.29, 1.82) is 0 Å². The number of thiazole rings is 1. The van der Waals surface area contributed by atoms with E-state index in [9.17, 15) is 4.79 Å². The highest BCUT2D eigenvalue weighted by atomic mass is 32.1. The number of hydrogen-bond donors (Lipinski definition) is 2. The summed E-state index contributed by atoms with van der Waals surface area (Å²) < 4.78 is 5.20. The lowest BCUT2D eigenvalue weighted by Gasteiger charge is -2.01. The van der Waals surface area contributed by atoms with Crippen LogP contribution in [-0.4, -0.2) is 36.3 Å². The highest BCUT2D eigenvalue weighted by Gasteiger charge is 2.06. The molecule has 0 aliphatic heterocycles. The number of methoxy groups -OCH3 is 1. The Morgan fingerprint density at radius 2 is 2.35 bits per heavy atom. The first-order valence-corrected chi connectivity index (χ1v) is 7.08. The molecule has 0 atom stereocenters. The van der Waals surface area contributed by atoms with Crippen LogP contribution in [0, 0.1) is 0 Å². The zero-order chi connectivity index (χ0) is 14.4. The van der Waals surface area contributed by atoms with Crippen molar-refractivity contribution in [3.05, 3.63) is 34.7 Å². The molecule has 106 valence electrons. The van der Waals surface area contributed by atoms with Gasteiger partial charge in [0.05, 0.1) is 24.4 Å². The minimum atomic E-state index is -0.846. The number of hydrogen-bond acceptors (Lipinski definition) is 5. The van der Waals surface area contributed by atoms with E-state index >= 15 is 0 Å². The maximum atomic E-state index is 10.4. The fourth-order valence-electron chi connectivity index (χ4n) is 1.73. The SMILES string of the molecule is COc1cccc(-c2csc(CCNCC(=O)O)n2)c1. The van der Waals surface area contributed by atoms with Crippen molar-refractivity contribution in [2.24, 2.45) is 0 Å². The van der Waals surface area contributed by atoms with Gasteiger partial charge in [0.15, 0.2) is 0 Å². The van der Waals surface area contributed by atoms with Gasteiger partial charge in [-0.05, 0) is 12.1 Å². The van der Waals surface area contributed by atoms with E-state index in [4.69, 9.17) is 9.84 Å². The predicted octanol–water partition coefficient (Wildman–Crippen LogP) is 2.04. The molecule has 0 bridgehead atoms. The number of benzene rings is 1. The molecule has 0 unspecified atom stereocenters. The quantitative estimate of drug-likeness (QED) is 0.764. The summed E-state index contributed by atoms with van der Waals surface area (Å²) in [5.74, 6) is -0.0404. The Morgan fingerprint density at radius 3 is 3.10 bits per heavy atom. The number of carbonyl (C=O) groups is 1. The molecule has 0 saturated heterocycles.